The number of carbonyl (C=O) groups excluding carboxylic acids is 1. The fourth-order valence-corrected chi connectivity index (χ4v) is 3.83. The number of hydrogen-bond acceptors (Lipinski definition) is 5. The van der Waals surface area contributed by atoms with Crippen LogP contribution in [0.5, 0.6) is 0 Å². The van der Waals surface area contributed by atoms with Gasteiger partial charge in [-0.3, -0.25) is 14.4 Å². The maximum absolute atomic E-state index is 12.4. The molecule has 7 nitrogen and oxygen atoms in total. The maximum Gasteiger partial charge on any atom is 0.242 e. The molecular formula is C17H28N4O3. The van der Waals surface area contributed by atoms with E-state index in [1.165, 1.54) is 0 Å². The van der Waals surface area contributed by atoms with Crippen LogP contribution in [0.4, 0.5) is 0 Å². The van der Waals surface area contributed by atoms with Crippen molar-refractivity contribution in [2.75, 3.05) is 32.9 Å². The van der Waals surface area contributed by atoms with Crippen molar-refractivity contribution in [2.24, 2.45) is 5.92 Å². The number of hydrogen-bond donors (Lipinski definition) is 2. The Balaban J connectivity index is 1.56. The van der Waals surface area contributed by atoms with Gasteiger partial charge in [-0.05, 0) is 32.8 Å². The van der Waals surface area contributed by atoms with Gasteiger partial charge in [0.05, 0.1) is 5.69 Å². The van der Waals surface area contributed by atoms with Gasteiger partial charge in [-0.1, -0.05) is 0 Å². The Hall–Kier alpha value is -1.44. The summed E-state index contributed by atoms with van der Waals surface area (Å²) in [6.45, 7) is 7.46. The SMILES string of the molecule is Cc1cc(C)n(CC(=O)N[C@@H]2CN(C3CCOCC3)C[C@H]2CO)n1. The Morgan fingerprint density at radius 1 is 1.38 bits per heavy atom. The van der Waals surface area contributed by atoms with Crippen molar-refractivity contribution in [1.82, 2.24) is 20.0 Å². The van der Waals surface area contributed by atoms with Crippen molar-refractivity contribution in [2.45, 2.75) is 45.3 Å². The third kappa shape index (κ3) is 3.96. The maximum atomic E-state index is 12.4. The Labute approximate surface area is 143 Å². The predicted molar refractivity (Wildman–Crippen MR) is 89.6 cm³/mol. The van der Waals surface area contributed by atoms with E-state index in [9.17, 15) is 9.90 Å². The summed E-state index contributed by atoms with van der Waals surface area (Å²) in [4.78, 5) is 14.8. The summed E-state index contributed by atoms with van der Waals surface area (Å²) in [6, 6.07) is 2.47. The first-order valence-electron chi connectivity index (χ1n) is 8.80. The normalized spacial score (nSPS) is 26.0. The zero-order valence-corrected chi connectivity index (χ0v) is 14.6. The Bertz CT molecular complexity index is 568. The van der Waals surface area contributed by atoms with Gasteiger partial charge < -0.3 is 15.2 Å². The monoisotopic (exact) mass is 336 g/mol. The van der Waals surface area contributed by atoms with E-state index < -0.39 is 0 Å². The lowest BCUT2D eigenvalue weighted by molar-refractivity contribution is -0.122. The molecule has 2 saturated heterocycles. The number of ether oxygens (including phenoxy) is 1. The minimum Gasteiger partial charge on any atom is -0.396 e. The number of aromatic nitrogens is 2. The second-order valence-corrected chi connectivity index (χ2v) is 7.00. The number of aryl methyl sites for hydroxylation is 2. The molecule has 1 aromatic rings. The first-order valence-corrected chi connectivity index (χ1v) is 8.80. The number of nitrogens with zero attached hydrogens (tertiary/aromatic N) is 3. The smallest absolute Gasteiger partial charge is 0.242 e. The van der Waals surface area contributed by atoms with E-state index in [0.717, 1.165) is 50.5 Å². The van der Waals surface area contributed by atoms with Crippen molar-refractivity contribution in [3.63, 3.8) is 0 Å². The van der Waals surface area contributed by atoms with E-state index in [4.69, 9.17) is 4.74 Å². The van der Waals surface area contributed by atoms with Crippen LogP contribution in [-0.2, 0) is 16.1 Å². The van der Waals surface area contributed by atoms with E-state index in [1.54, 1.807) is 4.68 Å². The highest BCUT2D eigenvalue weighted by molar-refractivity contribution is 5.76. The largest absolute Gasteiger partial charge is 0.396 e. The van der Waals surface area contributed by atoms with E-state index >= 15 is 0 Å². The molecule has 0 aliphatic carbocycles. The Kier molecular flexibility index (Phi) is 5.53. The minimum atomic E-state index is -0.0431. The standard InChI is InChI=1S/C17H28N4O3/c1-12-7-13(2)21(19-12)10-17(23)18-16-9-20(8-14(16)11-22)15-3-5-24-6-4-15/h7,14-16,22H,3-6,8-11H2,1-2H3,(H,18,23)/t14-,16+/m0/s1. The number of aliphatic hydroxyl groups excluding tert-OH is 1. The second-order valence-electron chi connectivity index (χ2n) is 7.00. The fraction of sp³-hybridized carbons (Fsp3) is 0.765. The molecular weight excluding hydrogens is 308 g/mol. The number of carbonyl (C=O) groups is 1. The average molecular weight is 336 g/mol. The zero-order chi connectivity index (χ0) is 17.1. The van der Waals surface area contributed by atoms with Crippen LogP contribution in [0.1, 0.15) is 24.2 Å². The molecule has 0 unspecified atom stereocenters. The van der Waals surface area contributed by atoms with Crippen LogP contribution in [0.2, 0.25) is 0 Å². The topological polar surface area (TPSA) is 79.6 Å². The molecule has 1 aromatic heterocycles. The number of aliphatic hydroxyl groups is 1. The highest BCUT2D eigenvalue weighted by Crippen LogP contribution is 2.24. The number of likely N-dealkylation sites (tertiary alicyclic amines) is 1. The molecule has 3 heterocycles. The molecule has 0 radical (unpaired) electrons. The predicted octanol–water partition coefficient (Wildman–Crippen LogP) is 0.0878. The molecule has 7 heteroatoms. The molecule has 2 fully saturated rings. The molecule has 0 aromatic carbocycles. The van der Waals surface area contributed by atoms with Crippen molar-refractivity contribution >= 4 is 5.91 Å². The van der Waals surface area contributed by atoms with Crippen LogP contribution < -0.4 is 5.32 Å². The lowest BCUT2D eigenvalue weighted by atomic mass is 10.1. The minimum absolute atomic E-state index is 0.00214. The zero-order valence-electron chi connectivity index (χ0n) is 14.6. The van der Waals surface area contributed by atoms with Crippen LogP contribution >= 0.6 is 0 Å². The van der Waals surface area contributed by atoms with E-state index in [0.29, 0.717) is 6.04 Å². The average Bonchev–Trinajstić information content (AvgIpc) is 3.11. The van der Waals surface area contributed by atoms with Gasteiger partial charge in [0.25, 0.3) is 0 Å². The lowest BCUT2D eigenvalue weighted by Gasteiger charge is -2.31. The van der Waals surface area contributed by atoms with Gasteiger partial charge in [0, 0.05) is 56.6 Å². The third-order valence-electron chi connectivity index (χ3n) is 5.15. The summed E-state index contributed by atoms with van der Waals surface area (Å²) in [5.41, 5.74) is 1.90. The van der Waals surface area contributed by atoms with Crippen LogP contribution in [0.25, 0.3) is 0 Å². The number of rotatable bonds is 5. The van der Waals surface area contributed by atoms with Crippen molar-refractivity contribution in [1.29, 1.82) is 0 Å². The molecule has 24 heavy (non-hydrogen) atoms. The van der Waals surface area contributed by atoms with Gasteiger partial charge in [-0.15, -0.1) is 0 Å². The molecule has 2 atom stereocenters. The highest BCUT2D eigenvalue weighted by Gasteiger charge is 2.37. The van der Waals surface area contributed by atoms with E-state index in [-0.39, 0.29) is 31.0 Å². The van der Waals surface area contributed by atoms with Gasteiger partial charge in [0.1, 0.15) is 6.54 Å². The lowest BCUT2D eigenvalue weighted by Crippen LogP contribution is -2.44. The molecule has 0 spiro atoms. The van der Waals surface area contributed by atoms with E-state index in [2.05, 4.69) is 15.3 Å². The molecule has 134 valence electrons. The fourth-order valence-electron chi connectivity index (χ4n) is 3.83. The molecule has 2 aliphatic heterocycles. The van der Waals surface area contributed by atoms with Crippen molar-refractivity contribution in [3.05, 3.63) is 17.5 Å². The van der Waals surface area contributed by atoms with Gasteiger partial charge >= 0.3 is 0 Å². The van der Waals surface area contributed by atoms with E-state index in [1.807, 2.05) is 19.9 Å². The van der Waals surface area contributed by atoms with Crippen molar-refractivity contribution in [3.8, 4) is 0 Å². The van der Waals surface area contributed by atoms with Crippen LogP contribution in [0.3, 0.4) is 0 Å². The summed E-state index contributed by atoms with van der Waals surface area (Å²) >= 11 is 0. The quantitative estimate of drug-likeness (QED) is 0.797. The van der Waals surface area contributed by atoms with Gasteiger partial charge in [-0.25, -0.2) is 0 Å². The van der Waals surface area contributed by atoms with Gasteiger partial charge in [0.15, 0.2) is 0 Å². The van der Waals surface area contributed by atoms with Crippen LogP contribution in [0, 0.1) is 19.8 Å². The van der Waals surface area contributed by atoms with Crippen molar-refractivity contribution < 1.29 is 14.6 Å². The highest BCUT2D eigenvalue weighted by atomic mass is 16.5. The molecule has 0 bridgehead atoms. The number of amides is 1. The molecule has 0 saturated carbocycles. The first kappa shape index (κ1) is 17.4. The number of nitrogens with one attached hydrogen (secondary N) is 1. The first-order chi connectivity index (χ1) is 11.6. The summed E-state index contributed by atoms with van der Waals surface area (Å²) in [5, 5.41) is 17.1. The Morgan fingerprint density at radius 3 is 2.75 bits per heavy atom. The van der Waals surface area contributed by atoms with Crippen LogP contribution in [-0.4, -0.2) is 70.7 Å². The molecule has 2 aliphatic rings. The second kappa shape index (κ2) is 7.63. The summed E-state index contributed by atoms with van der Waals surface area (Å²) < 4.78 is 7.15. The van der Waals surface area contributed by atoms with Gasteiger partial charge in [0.2, 0.25) is 5.91 Å². The van der Waals surface area contributed by atoms with Gasteiger partial charge in [-0.2, -0.15) is 5.10 Å². The molecule has 1 amide bonds. The molecule has 3 rings (SSSR count). The summed E-state index contributed by atoms with van der Waals surface area (Å²) in [5.74, 6) is 0.0516. The summed E-state index contributed by atoms with van der Waals surface area (Å²) in [6.07, 6.45) is 2.06. The van der Waals surface area contributed by atoms with Crippen LogP contribution in [0.15, 0.2) is 6.07 Å². The molecule has 2 N–H and O–H groups in total. The summed E-state index contributed by atoms with van der Waals surface area (Å²) in [7, 11) is 0. The Morgan fingerprint density at radius 2 is 2.12 bits per heavy atom. The third-order valence-corrected chi connectivity index (χ3v) is 5.15.